The summed E-state index contributed by atoms with van der Waals surface area (Å²) in [6, 6.07) is 19.2. The number of rotatable bonds is 7. The van der Waals surface area contributed by atoms with Crippen LogP contribution in [0, 0.1) is 0 Å². The van der Waals surface area contributed by atoms with Crippen molar-refractivity contribution in [1.82, 2.24) is 0 Å². The number of carbonyl (C=O) groups excluding carboxylic acids is 1. The molecule has 0 saturated heterocycles. The second-order valence-electron chi connectivity index (χ2n) is 7.68. The SMILES string of the molecule is COc1cc(OC)cc(C(O[Si](C)(C)C)C(=O)c2ccc3ccccc3c2)c1. The first-order chi connectivity index (χ1) is 13.3. The Morgan fingerprint density at radius 1 is 0.821 bits per heavy atom. The Bertz CT molecular complexity index is 969. The summed E-state index contributed by atoms with van der Waals surface area (Å²) in [6.45, 7) is 6.22. The van der Waals surface area contributed by atoms with Crippen molar-refractivity contribution in [1.29, 1.82) is 0 Å². The Kier molecular flexibility index (Phi) is 5.86. The van der Waals surface area contributed by atoms with Gasteiger partial charge in [0.2, 0.25) is 0 Å². The number of Topliss-reactive ketones (excluding diaryl/α,β-unsaturated/α-hetero) is 1. The maximum atomic E-state index is 13.5. The predicted octanol–water partition coefficient (Wildman–Crippen LogP) is 5.63. The molecule has 0 aliphatic carbocycles. The fourth-order valence-electron chi connectivity index (χ4n) is 3.10. The van der Waals surface area contributed by atoms with Crippen LogP contribution in [0.3, 0.4) is 0 Å². The van der Waals surface area contributed by atoms with Gasteiger partial charge in [-0.3, -0.25) is 4.79 Å². The van der Waals surface area contributed by atoms with Crippen LogP contribution in [-0.2, 0) is 4.43 Å². The molecule has 5 heteroatoms. The van der Waals surface area contributed by atoms with Gasteiger partial charge in [0.25, 0.3) is 0 Å². The van der Waals surface area contributed by atoms with Crippen LogP contribution in [0.5, 0.6) is 11.5 Å². The molecule has 0 radical (unpaired) electrons. The predicted molar refractivity (Wildman–Crippen MR) is 115 cm³/mol. The van der Waals surface area contributed by atoms with E-state index in [1.807, 2.05) is 54.6 Å². The lowest BCUT2D eigenvalue weighted by Crippen LogP contribution is -2.31. The average Bonchev–Trinajstić information content (AvgIpc) is 2.70. The molecule has 1 atom stereocenters. The van der Waals surface area contributed by atoms with Gasteiger partial charge in [-0.05, 0) is 54.2 Å². The third kappa shape index (κ3) is 4.61. The van der Waals surface area contributed by atoms with Crippen molar-refractivity contribution in [2.45, 2.75) is 25.7 Å². The molecule has 3 rings (SSSR count). The molecule has 3 aromatic carbocycles. The molecule has 1 unspecified atom stereocenters. The van der Waals surface area contributed by atoms with Gasteiger partial charge in [-0.15, -0.1) is 0 Å². The van der Waals surface area contributed by atoms with Crippen LogP contribution in [0.1, 0.15) is 22.0 Å². The van der Waals surface area contributed by atoms with Crippen molar-refractivity contribution < 1.29 is 18.7 Å². The molecule has 0 bridgehead atoms. The molecule has 3 aromatic rings. The number of fused-ring (bicyclic) bond motifs is 1. The van der Waals surface area contributed by atoms with E-state index in [4.69, 9.17) is 13.9 Å². The molecule has 0 N–H and O–H groups in total. The first-order valence-electron chi connectivity index (χ1n) is 9.24. The highest BCUT2D eigenvalue weighted by molar-refractivity contribution is 6.69. The lowest BCUT2D eigenvalue weighted by Gasteiger charge is -2.26. The largest absolute Gasteiger partial charge is 0.497 e. The van der Waals surface area contributed by atoms with Crippen LogP contribution in [0.4, 0.5) is 0 Å². The first-order valence-corrected chi connectivity index (χ1v) is 12.7. The van der Waals surface area contributed by atoms with Crippen molar-refractivity contribution in [3.63, 3.8) is 0 Å². The Balaban J connectivity index is 2.07. The van der Waals surface area contributed by atoms with Gasteiger partial charge in [-0.1, -0.05) is 36.4 Å². The molecule has 0 aromatic heterocycles. The normalized spacial score (nSPS) is 12.6. The summed E-state index contributed by atoms with van der Waals surface area (Å²) >= 11 is 0. The molecule has 0 heterocycles. The lowest BCUT2D eigenvalue weighted by molar-refractivity contribution is 0.0779. The number of ether oxygens (including phenoxy) is 2. The van der Waals surface area contributed by atoms with Gasteiger partial charge in [0, 0.05) is 11.6 Å². The Labute approximate surface area is 167 Å². The topological polar surface area (TPSA) is 44.8 Å². The van der Waals surface area contributed by atoms with E-state index < -0.39 is 14.4 Å². The number of carbonyl (C=O) groups is 1. The van der Waals surface area contributed by atoms with E-state index in [9.17, 15) is 4.79 Å². The number of methoxy groups -OCH3 is 2. The zero-order chi connectivity index (χ0) is 20.3. The molecular weight excluding hydrogens is 368 g/mol. The minimum Gasteiger partial charge on any atom is -0.497 e. The second-order valence-corrected chi connectivity index (χ2v) is 12.1. The Morgan fingerprint density at radius 2 is 1.43 bits per heavy atom. The molecule has 4 nitrogen and oxygen atoms in total. The fraction of sp³-hybridized carbons (Fsp3) is 0.261. The van der Waals surface area contributed by atoms with Gasteiger partial charge < -0.3 is 13.9 Å². The van der Waals surface area contributed by atoms with E-state index in [0.717, 1.165) is 16.3 Å². The minimum absolute atomic E-state index is 0.0662. The van der Waals surface area contributed by atoms with Gasteiger partial charge in [0.1, 0.15) is 17.6 Å². The third-order valence-corrected chi connectivity index (χ3v) is 5.36. The monoisotopic (exact) mass is 394 g/mol. The highest BCUT2D eigenvalue weighted by Crippen LogP contribution is 2.33. The van der Waals surface area contributed by atoms with Crippen molar-refractivity contribution in [3.05, 3.63) is 71.8 Å². The smallest absolute Gasteiger partial charge is 0.194 e. The Hall–Kier alpha value is -2.63. The highest BCUT2D eigenvalue weighted by atomic mass is 28.4. The maximum Gasteiger partial charge on any atom is 0.194 e. The summed E-state index contributed by atoms with van der Waals surface area (Å²) in [5.74, 6) is 1.19. The van der Waals surface area contributed by atoms with Gasteiger partial charge in [0.05, 0.1) is 14.2 Å². The molecule has 146 valence electrons. The van der Waals surface area contributed by atoms with E-state index in [0.29, 0.717) is 17.1 Å². The summed E-state index contributed by atoms with van der Waals surface area (Å²) in [4.78, 5) is 13.5. The summed E-state index contributed by atoms with van der Waals surface area (Å²) in [6.07, 6.45) is -0.711. The molecule has 0 spiro atoms. The first kappa shape index (κ1) is 20.1. The Morgan fingerprint density at radius 3 is 2.00 bits per heavy atom. The molecule has 0 aliphatic rings. The van der Waals surface area contributed by atoms with Crippen molar-refractivity contribution in [2.75, 3.05) is 14.2 Å². The van der Waals surface area contributed by atoms with Gasteiger partial charge >= 0.3 is 0 Å². The minimum atomic E-state index is -2.01. The second kappa shape index (κ2) is 8.16. The third-order valence-electron chi connectivity index (χ3n) is 4.42. The maximum absolute atomic E-state index is 13.5. The van der Waals surface area contributed by atoms with Gasteiger partial charge in [-0.2, -0.15) is 0 Å². The van der Waals surface area contributed by atoms with E-state index in [2.05, 4.69) is 19.6 Å². The number of hydrogen-bond acceptors (Lipinski definition) is 4. The van der Waals surface area contributed by atoms with Crippen molar-refractivity contribution >= 4 is 24.9 Å². The van der Waals surface area contributed by atoms with Crippen LogP contribution >= 0.6 is 0 Å². The average molecular weight is 395 g/mol. The number of ketones is 1. The van der Waals surface area contributed by atoms with Crippen LogP contribution < -0.4 is 9.47 Å². The highest BCUT2D eigenvalue weighted by Gasteiger charge is 2.30. The molecule has 0 amide bonds. The molecule has 0 saturated carbocycles. The van der Waals surface area contributed by atoms with E-state index in [1.54, 1.807) is 20.3 Å². The number of benzene rings is 3. The number of hydrogen-bond donors (Lipinski definition) is 0. The molecule has 0 fully saturated rings. The van der Waals surface area contributed by atoms with Crippen LogP contribution in [0.2, 0.25) is 19.6 Å². The van der Waals surface area contributed by atoms with Crippen molar-refractivity contribution in [2.24, 2.45) is 0 Å². The standard InChI is InChI=1S/C23H26O4Si/c1-25-20-13-19(14-21(15-20)26-2)23(27-28(3,4)5)22(24)18-11-10-16-8-6-7-9-17(16)12-18/h6-15,23H,1-5H3. The summed E-state index contributed by atoms with van der Waals surface area (Å²) < 4.78 is 17.1. The van der Waals surface area contributed by atoms with Crippen LogP contribution in [0.25, 0.3) is 10.8 Å². The van der Waals surface area contributed by atoms with Crippen LogP contribution in [0.15, 0.2) is 60.7 Å². The summed E-state index contributed by atoms with van der Waals surface area (Å²) in [5.41, 5.74) is 1.36. The quantitative estimate of drug-likeness (QED) is 0.385. The van der Waals surface area contributed by atoms with Gasteiger partial charge in [0.15, 0.2) is 14.1 Å². The van der Waals surface area contributed by atoms with E-state index in [1.165, 1.54) is 0 Å². The van der Waals surface area contributed by atoms with Crippen LogP contribution in [-0.4, -0.2) is 28.3 Å². The molecule has 28 heavy (non-hydrogen) atoms. The zero-order valence-corrected chi connectivity index (χ0v) is 18.0. The zero-order valence-electron chi connectivity index (χ0n) is 17.0. The lowest BCUT2D eigenvalue weighted by atomic mass is 9.97. The van der Waals surface area contributed by atoms with E-state index in [-0.39, 0.29) is 5.78 Å². The van der Waals surface area contributed by atoms with E-state index >= 15 is 0 Å². The van der Waals surface area contributed by atoms with Gasteiger partial charge in [-0.25, -0.2) is 0 Å². The molecular formula is C23H26O4Si. The van der Waals surface area contributed by atoms with Crippen molar-refractivity contribution in [3.8, 4) is 11.5 Å². The summed E-state index contributed by atoms with van der Waals surface area (Å²) in [7, 11) is 1.18. The molecule has 0 aliphatic heterocycles. The fourth-order valence-corrected chi connectivity index (χ4v) is 4.05. The summed E-state index contributed by atoms with van der Waals surface area (Å²) in [5, 5.41) is 2.13.